The van der Waals surface area contributed by atoms with Crippen molar-refractivity contribution in [3.63, 3.8) is 0 Å². The number of nitrogens with zero attached hydrogens (tertiary/aromatic N) is 4. The van der Waals surface area contributed by atoms with Gasteiger partial charge in [0.05, 0.1) is 12.4 Å². The SMILES string of the molecule is O=C(N[C@@H]1C[C@H]2CC[C@@H]1N2)c1cc2sc(-n3ccnn3)cc2cn1. The smallest absolute Gasteiger partial charge is 0.270 e. The van der Waals surface area contributed by atoms with Gasteiger partial charge in [-0.15, -0.1) is 16.4 Å². The van der Waals surface area contributed by atoms with Gasteiger partial charge in [0.2, 0.25) is 0 Å². The molecule has 3 aromatic heterocycles. The Labute approximate surface area is 142 Å². The monoisotopic (exact) mass is 340 g/mol. The molecule has 5 heterocycles. The van der Waals surface area contributed by atoms with E-state index in [0.29, 0.717) is 17.8 Å². The van der Waals surface area contributed by atoms with Gasteiger partial charge < -0.3 is 10.6 Å². The zero-order valence-corrected chi connectivity index (χ0v) is 13.7. The van der Waals surface area contributed by atoms with Gasteiger partial charge in [0.1, 0.15) is 10.7 Å². The third-order valence-electron chi connectivity index (χ3n) is 4.89. The highest BCUT2D eigenvalue weighted by molar-refractivity contribution is 7.21. The van der Waals surface area contributed by atoms with Crippen molar-refractivity contribution < 1.29 is 4.79 Å². The molecule has 2 fully saturated rings. The van der Waals surface area contributed by atoms with Crippen molar-refractivity contribution >= 4 is 27.3 Å². The molecule has 2 bridgehead atoms. The van der Waals surface area contributed by atoms with Gasteiger partial charge in [0, 0.05) is 34.4 Å². The highest BCUT2D eigenvalue weighted by atomic mass is 32.1. The second-order valence-corrected chi connectivity index (χ2v) is 7.46. The Morgan fingerprint density at radius 1 is 1.38 bits per heavy atom. The van der Waals surface area contributed by atoms with Crippen LogP contribution in [0.1, 0.15) is 29.8 Å². The maximum atomic E-state index is 12.5. The Bertz CT molecular complexity index is 905. The highest BCUT2D eigenvalue weighted by Crippen LogP contribution is 2.29. The van der Waals surface area contributed by atoms with E-state index in [1.807, 2.05) is 12.1 Å². The van der Waals surface area contributed by atoms with Crippen molar-refractivity contribution in [3.8, 4) is 5.00 Å². The summed E-state index contributed by atoms with van der Waals surface area (Å²) >= 11 is 1.57. The lowest BCUT2D eigenvalue weighted by Crippen LogP contribution is -2.43. The normalized spacial score (nSPS) is 25.4. The Balaban J connectivity index is 1.39. The number of nitrogens with one attached hydrogen (secondary N) is 2. The van der Waals surface area contributed by atoms with Gasteiger partial charge in [-0.25, -0.2) is 4.68 Å². The van der Waals surface area contributed by atoms with Crippen molar-refractivity contribution in [2.45, 2.75) is 37.4 Å². The highest BCUT2D eigenvalue weighted by Gasteiger charge is 2.39. The molecule has 8 heteroatoms. The minimum absolute atomic E-state index is 0.0908. The zero-order valence-electron chi connectivity index (χ0n) is 12.8. The van der Waals surface area contributed by atoms with Crippen molar-refractivity contribution in [1.29, 1.82) is 0 Å². The predicted molar refractivity (Wildman–Crippen MR) is 90.4 cm³/mol. The molecule has 0 radical (unpaired) electrons. The first kappa shape index (κ1) is 14.1. The number of carbonyl (C=O) groups is 1. The van der Waals surface area contributed by atoms with Crippen LogP contribution in [0.2, 0.25) is 0 Å². The van der Waals surface area contributed by atoms with Crippen LogP contribution < -0.4 is 10.6 Å². The number of thiophene rings is 1. The molecule has 24 heavy (non-hydrogen) atoms. The molecule has 3 atom stereocenters. The first-order valence-electron chi connectivity index (χ1n) is 8.09. The van der Waals surface area contributed by atoms with E-state index >= 15 is 0 Å². The molecular weight excluding hydrogens is 324 g/mol. The molecule has 2 aliphatic rings. The zero-order chi connectivity index (χ0) is 16.1. The first-order chi connectivity index (χ1) is 11.8. The summed E-state index contributed by atoms with van der Waals surface area (Å²) in [5, 5.41) is 16.5. The summed E-state index contributed by atoms with van der Waals surface area (Å²) in [4.78, 5) is 16.9. The van der Waals surface area contributed by atoms with Crippen LogP contribution in [-0.2, 0) is 0 Å². The van der Waals surface area contributed by atoms with E-state index < -0.39 is 0 Å². The molecule has 0 spiro atoms. The van der Waals surface area contributed by atoms with Crippen LogP contribution in [0.3, 0.4) is 0 Å². The maximum absolute atomic E-state index is 12.5. The van der Waals surface area contributed by atoms with E-state index in [0.717, 1.165) is 27.9 Å². The standard InChI is InChI=1S/C16H16N6OS/c23-16(20-12-6-10-1-2-11(12)19-10)13-7-14-9(8-17-13)5-15(24-14)22-4-3-18-21-22/h3-5,7-8,10-12,19H,1-2,6H2,(H,20,23)/t10-,11+,12-/m1/s1. The Morgan fingerprint density at radius 3 is 3.08 bits per heavy atom. The summed E-state index contributed by atoms with van der Waals surface area (Å²) in [6, 6.07) is 5.07. The van der Waals surface area contributed by atoms with Gasteiger partial charge in [0.25, 0.3) is 5.91 Å². The molecule has 5 rings (SSSR count). The summed E-state index contributed by atoms with van der Waals surface area (Å²) in [6.45, 7) is 0. The van der Waals surface area contributed by atoms with Crippen molar-refractivity contribution in [2.24, 2.45) is 0 Å². The van der Waals surface area contributed by atoms with Crippen LogP contribution in [0.25, 0.3) is 15.1 Å². The van der Waals surface area contributed by atoms with Crippen LogP contribution in [0.5, 0.6) is 0 Å². The minimum atomic E-state index is -0.0908. The molecule has 2 N–H and O–H groups in total. The Kier molecular flexibility index (Phi) is 3.14. The van der Waals surface area contributed by atoms with E-state index in [-0.39, 0.29) is 11.9 Å². The van der Waals surface area contributed by atoms with Crippen LogP contribution >= 0.6 is 11.3 Å². The van der Waals surface area contributed by atoms with E-state index in [4.69, 9.17) is 0 Å². The average molecular weight is 340 g/mol. The van der Waals surface area contributed by atoms with Crippen molar-refractivity contribution in [1.82, 2.24) is 30.6 Å². The maximum Gasteiger partial charge on any atom is 0.270 e. The first-order valence-corrected chi connectivity index (χ1v) is 8.91. The van der Waals surface area contributed by atoms with Crippen LogP contribution in [0.15, 0.2) is 30.7 Å². The van der Waals surface area contributed by atoms with E-state index in [1.165, 1.54) is 6.42 Å². The Morgan fingerprint density at radius 2 is 2.33 bits per heavy atom. The lowest BCUT2D eigenvalue weighted by atomic mass is 9.95. The molecule has 0 aromatic carbocycles. The lowest BCUT2D eigenvalue weighted by molar-refractivity contribution is 0.0926. The van der Waals surface area contributed by atoms with Crippen LogP contribution in [0, 0.1) is 0 Å². The van der Waals surface area contributed by atoms with E-state index in [2.05, 4.69) is 25.9 Å². The van der Waals surface area contributed by atoms with Gasteiger partial charge in [-0.2, -0.15) is 0 Å². The summed E-state index contributed by atoms with van der Waals surface area (Å²) < 4.78 is 2.73. The topological polar surface area (TPSA) is 84.7 Å². The van der Waals surface area contributed by atoms with Gasteiger partial charge in [0.15, 0.2) is 0 Å². The molecule has 0 aliphatic carbocycles. The second-order valence-electron chi connectivity index (χ2n) is 6.40. The predicted octanol–water partition coefficient (Wildman–Crippen LogP) is 1.50. The van der Waals surface area contributed by atoms with Crippen LogP contribution in [-0.4, -0.2) is 44.0 Å². The molecular formula is C16H16N6OS. The molecule has 3 aromatic rings. The number of hydrogen-bond donors (Lipinski definition) is 2. The molecule has 2 aliphatic heterocycles. The van der Waals surface area contributed by atoms with Crippen molar-refractivity contribution in [2.75, 3.05) is 0 Å². The molecule has 7 nitrogen and oxygen atoms in total. The molecule has 0 unspecified atom stereocenters. The van der Waals surface area contributed by atoms with Gasteiger partial charge in [-0.05, 0) is 31.4 Å². The van der Waals surface area contributed by atoms with E-state index in [9.17, 15) is 4.79 Å². The van der Waals surface area contributed by atoms with E-state index in [1.54, 1.807) is 34.6 Å². The fourth-order valence-electron chi connectivity index (χ4n) is 3.71. The molecule has 2 saturated heterocycles. The fourth-order valence-corrected chi connectivity index (χ4v) is 4.71. The van der Waals surface area contributed by atoms with Gasteiger partial charge in [-0.3, -0.25) is 9.78 Å². The lowest BCUT2D eigenvalue weighted by Gasteiger charge is -2.21. The molecule has 0 saturated carbocycles. The second kappa shape index (κ2) is 5.35. The quantitative estimate of drug-likeness (QED) is 0.755. The number of aromatic nitrogens is 4. The minimum Gasteiger partial charge on any atom is -0.346 e. The number of pyridine rings is 1. The van der Waals surface area contributed by atoms with Crippen LogP contribution in [0.4, 0.5) is 0 Å². The average Bonchev–Trinajstić information content (AvgIpc) is 3.35. The third-order valence-corrected chi connectivity index (χ3v) is 5.97. The molecule has 1 amide bonds. The largest absolute Gasteiger partial charge is 0.346 e. The number of hydrogen-bond acceptors (Lipinski definition) is 6. The number of fused-ring (bicyclic) bond motifs is 3. The summed E-state index contributed by atoms with van der Waals surface area (Å²) in [7, 11) is 0. The molecule has 122 valence electrons. The van der Waals surface area contributed by atoms with Gasteiger partial charge in [-0.1, -0.05) is 5.21 Å². The van der Waals surface area contributed by atoms with Gasteiger partial charge >= 0.3 is 0 Å². The fraction of sp³-hybridized carbons (Fsp3) is 0.375. The Hall–Kier alpha value is -2.32. The van der Waals surface area contributed by atoms with Crippen molar-refractivity contribution in [3.05, 3.63) is 36.4 Å². The number of rotatable bonds is 3. The number of carbonyl (C=O) groups excluding carboxylic acids is 1. The summed E-state index contributed by atoms with van der Waals surface area (Å²) in [5.41, 5.74) is 0.470. The third kappa shape index (κ3) is 2.30. The summed E-state index contributed by atoms with van der Waals surface area (Å²) in [6.07, 6.45) is 8.59. The summed E-state index contributed by atoms with van der Waals surface area (Å²) in [5.74, 6) is -0.0908. The number of amides is 1.